The molecule has 6 heteroatoms. The molecule has 1 saturated heterocycles. The van der Waals surface area contributed by atoms with Crippen molar-refractivity contribution in [1.82, 2.24) is 4.90 Å². The minimum atomic E-state index is -0.378. The number of nitrogens with zero attached hydrogens (tertiary/aromatic N) is 2. The van der Waals surface area contributed by atoms with Crippen LogP contribution in [0.1, 0.15) is 12.8 Å². The summed E-state index contributed by atoms with van der Waals surface area (Å²) in [6.07, 6.45) is 1.35. The highest BCUT2D eigenvalue weighted by Gasteiger charge is 2.27. The third kappa shape index (κ3) is 3.94. The fraction of sp³-hybridized carbons (Fsp3) is 0.350. The minimum Gasteiger partial charge on any atom is -0.497 e. The molecular weight excluding hydrogens is 352 g/mol. The van der Waals surface area contributed by atoms with Crippen molar-refractivity contribution >= 4 is 23.4 Å². The maximum atomic E-state index is 12.7. The van der Waals surface area contributed by atoms with Crippen LogP contribution in [-0.4, -0.2) is 45.0 Å². The molecule has 0 aliphatic carbocycles. The highest BCUT2D eigenvalue weighted by molar-refractivity contribution is 6.30. The van der Waals surface area contributed by atoms with E-state index in [0.29, 0.717) is 10.8 Å². The van der Waals surface area contributed by atoms with E-state index in [9.17, 15) is 4.79 Å². The first-order chi connectivity index (χ1) is 12.5. The Balaban J connectivity index is 1.91. The maximum absolute atomic E-state index is 12.7. The van der Waals surface area contributed by atoms with Crippen molar-refractivity contribution in [2.24, 2.45) is 0 Å². The first-order valence-corrected chi connectivity index (χ1v) is 8.96. The molecule has 2 aromatic carbocycles. The first-order valence-electron chi connectivity index (χ1n) is 8.58. The molecule has 1 heterocycles. The molecule has 0 aromatic heterocycles. The van der Waals surface area contributed by atoms with Gasteiger partial charge in [0.25, 0.3) is 0 Å². The minimum absolute atomic E-state index is 0.169. The van der Waals surface area contributed by atoms with Crippen LogP contribution in [0.25, 0.3) is 11.1 Å². The molecule has 0 bridgehead atoms. The quantitative estimate of drug-likeness (QED) is 0.781. The predicted octanol–water partition coefficient (Wildman–Crippen LogP) is 4.64. The van der Waals surface area contributed by atoms with Crippen LogP contribution < -0.4 is 9.64 Å². The molecule has 2 aromatic rings. The van der Waals surface area contributed by atoms with Gasteiger partial charge in [-0.25, -0.2) is 4.79 Å². The highest BCUT2D eigenvalue weighted by Crippen LogP contribution is 2.35. The lowest BCUT2D eigenvalue weighted by molar-refractivity contribution is 0.0315. The molecule has 0 radical (unpaired) electrons. The summed E-state index contributed by atoms with van der Waals surface area (Å²) >= 11 is 6.15. The number of benzene rings is 2. The molecule has 26 heavy (non-hydrogen) atoms. The molecule has 5 nitrogen and oxygen atoms in total. The number of likely N-dealkylation sites (tertiary alicyclic amines) is 1. The van der Waals surface area contributed by atoms with Crippen LogP contribution in [-0.2, 0) is 4.74 Å². The average molecular weight is 375 g/mol. The van der Waals surface area contributed by atoms with Crippen LogP contribution in [0.2, 0.25) is 5.02 Å². The molecule has 1 aliphatic rings. The number of rotatable bonds is 4. The van der Waals surface area contributed by atoms with Crippen molar-refractivity contribution < 1.29 is 14.3 Å². The number of amides is 1. The lowest BCUT2D eigenvalue weighted by atomic mass is 10.0. The van der Waals surface area contributed by atoms with E-state index in [1.54, 1.807) is 14.2 Å². The SMILES string of the molecule is COc1ccc(N(C)C(=O)O[C@H]2CCCN2C)c(-c2cccc(Cl)c2)c1. The van der Waals surface area contributed by atoms with Crippen molar-refractivity contribution in [1.29, 1.82) is 0 Å². The topological polar surface area (TPSA) is 42.0 Å². The van der Waals surface area contributed by atoms with E-state index in [4.69, 9.17) is 21.1 Å². The summed E-state index contributed by atoms with van der Waals surface area (Å²) in [5.41, 5.74) is 2.49. The van der Waals surface area contributed by atoms with Gasteiger partial charge in [0.2, 0.25) is 0 Å². The number of hydrogen-bond acceptors (Lipinski definition) is 4. The number of hydrogen-bond donors (Lipinski definition) is 0. The van der Waals surface area contributed by atoms with Crippen LogP contribution in [0.5, 0.6) is 5.75 Å². The molecule has 138 valence electrons. The third-order valence-electron chi connectivity index (χ3n) is 4.66. The van der Waals surface area contributed by atoms with Crippen molar-refractivity contribution in [3.63, 3.8) is 0 Å². The van der Waals surface area contributed by atoms with Gasteiger partial charge in [0.15, 0.2) is 6.23 Å². The molecule has 0 N–H and O–H groups in total. The Morgan fingerprint density at radius 1 is 1.27 bits per heavy atom. The van der Waals surface area contributed by atoms with Crippen LogP contribution in [0.4, 0.5) is 10.5 Å². The second kappa shape index (κ2) is 7.98. The summed E-state index contributed by atoms with van der Waals surface area (Å²) in [4.78, 5) is 16.3. The number of carbonyl (C=O) groups excluding carboxylic acids is 1. The average Bonchev–Trinajstić information content (AvgIpc) is 3.05. The Morgan fingerprint density at radius 3 is 2.73 bits per heavy atom. The van der Waals surface area contributed by atoms with Crippen LogP contribution in [0.3, 0.4) is 0 Å². The lowest BCUT2D eigenvalue weighted by Crippen LogP contribution is -2.36. The lowest BCUT2D eigenvalue weighted by Gasteiger charge is -2.25. The van der Waals surface area contributed by atoms with E-state index in [1.165, 1.54) is 4.90 Å². The van der Waals surface area contributed by atoms with Crippen molar-refractivity contribution in [2.75, 3.05) is 32.6 Å². The Kier molecular flexibility index (Phi) is 5.69. The Morgan fingerprint density at radius 2 is 2.08 bits per heavy atom. The molecular formula is C20H23ClN2O3. The van der Waals surface area contributed by atoms with Gasteiger partial charge in [-0.15, -0.1) is 0 Å². The number of methoxy groups -OCH3 is 1. The van der Waals surface area contributed by atoms with Gasteiger partial charge in [0.05, 0.1) is 12.8 Å². The number of carbonyl (C=O) groups is 1. The van der Waals surface area contributed by atoms with Crippen LogP contribution >= 0.6 is 11.6 Å². The normalized spacial score (nSPS) is 17.2. The standard InChI is InChI=1S/C20H23ClN2O3/c1-22-11-5-8-19(22)26-20(24)23(2)18-10-9-16(25-3)13-17(18)14-6-4-7-15(21)12-14/h4,6-7,9-10,12-13,19H,5,8,11H2,1-3H3/t19-/m0/s1. The molecule has 1 fully saturated rings. The van der Waals surface area contributed by atoms with Crippen molar-refractivity contribution in [2.45, 2.75) is 19.1 Å². The number of halogens is 1. The summed E-state index contributed by atoms with van der Waals surface area (Å²) in [6, 6.07) is 13.1. The van der Waals surface area contributed by atoms with E-state index in [0.717, 1.165) is 36.2 Å². The summed E-state index contributed by atoms with van der Waals surface area (Å²) < 4.78 is 11.0. The van der Waals surface area contributed by atoms with Crippen molar-refractivity contribution in [3.05, 3.63) is 47.5 Å². The molecule has 3 rings (SSSR count). The van der Waals surface area contributed by atoms with E-state index in [1.807, 2.05) is 49.5 Å². The zero-order valence-corrected chi connectivity index (χ0v) is 16.0. The molecule has 0 saturated carbocycles. The Labute approximate surface area is 159 Å². The van der Waals surface area contributed by atoms with Gasteiger partial charge in [-0.2, -0.15) is 0 Å². The van der Waals surface area contributed by atoms with Gasteiger partial charge < -0.3 is 9.47 Å². The zero-order valence-electron chi connectivity index (χ0n) is 15.2. The fourth-order valence-electron chi connectivity index (χ4n) is 3.14. The molecule has 1 amide bonds. The second-order valence-corrected chi connectivity index (χ2v) is 6.85. The highest BCUT2D eigenvalue weighted by atomic mass is 35.5. The molecule has 0 spiro atoms. The van der Waals surface area contributed by atoms with Gasteiger partial charge >= 0.3 is 6.09 Å². The van der Waals surface area contributed by atoms with Crippen molar-refractivity contribution in [3.8, 4) is 16.9 Å². The summed E-state index contributed by atoms with van der Waals surface area (Å²) in [7, 11) is 5.30. The smallest absolute Gasteiger partial charge is 0.415 e. The van der Waals surface area contributed by atoms with Gasteiger partial charge in [-0.1, -0.05) is 23.7 Å². The third-order valence-corrected chi connectivity index (χ3v) is 4.90. The monoisotopic (exact) mass is 374 g/mol. The van der Waals surface area contributed by atoms with Crippen LogP contribution in [0.15, 0.2) is 42.5 Å². The summed E-state index contributed by atoms with van der Waals surface area (Å²) in [5, 5.41) is 0.633. The second-order valence-electron chi connectivity index (χ2n) is 6.41. The summed E-state index contributed by atoms with van der Waals surface area (Å²) in [5.74, 6) is 0.709. The number of ether oxygens (including phenoxy) is 2. The van der Waals surface area contributed by atoms with Crippen LogP contribution in [0, 0.1) is 0 Å². The zero-order chi connectivity index (χ0) is 18.7. The van der Waals surface area contributed by atoms with Gasteiger partial charge in [0.1, 0.15) is 5.75 Å². The first kappa shape index (κ1) is 18.5. The Hall–Kier alpha value is -2.24. The molecule has 1 aliphatic heterocycles. The summed E-state index contributed by atoms with van der Waals surface area (Å²) in [6.45, 7) is 0.942. The number of anilines is 1. The van der Waals surface area contributed by atoms with E-state index in [-0.39, 0.29) is 12.3 Å². The van der Waals surface area contributed by atoms with E-state index < -0.39 is 0 Å². The molecule has 1 atom stereocenters. The fourth-order valence-corrected chi connectivity index (χ4v) is 3.33. The van der Waals surface area contributed by atoms with Gasteiger partial charge in [0, 0.05) is 24.2 Å². The predicted molar refractivity (Wildman–Crippen MR) is 104 cm³/mol. The maximum Gasteiger partial charge on any atom is 0.415 e. The van der Waals surface area contributed by atoms with Gasteiger partial charge in [-0.05, 0) is 55.8 Å². The van der Waals surface area contributed by atoms with E-state index in [2.05, 4.69) is 4.90 Å². The van der Waals surface area contributed by atoms with E-state index >= 15 is 0 Å². The van der Waals surface area contributed by atoms with Gasteiger partial charge in [-0.3, -0.25) is 9.80 Å². The Bertz CT molecular complexity index is 796. The molecule has 0 unspecified atom stereocenters. The largest absolute Gasteiger partial charge is 0.497 e.